The third-order valence-electron chi connectivity index (χ3n) is 17.2. The number of benzene rings is 1. The van der Waals surface area contributed by atoms with Crippen LogP contribution in [0.25, 0.3) is 0 Å². The van der Waals surface area contributed by atoms with Crippen LogP contribution in [0.4, 0.5) is 5.69 Å². The highest BCUT2D eigenvalue weighted by Gasteiger charge is 2.15. The number of carbonyl (C=O) groups excluding carboxylic acids is 5. The molecule has 4 amide bonds. The monoisotopic (exact) mass is 2040 g/mol. The SMILES string of the molecule is CC(C)SCCC(=O)CCCON(C)C(C)C.CC(C)SCCC(=O)NCCOCCON(C)C(C)C.CC(C)SCCC(=O)Nc1ccc(CON(C)C(C)C)cc1.CON(CCNC(=O)CCSC(C)C)C(C)C.CON(CCSCCSC(C)C)C(C)C.CON(COCCOCNC(=O)CCSC(C)C)C(C)C.CON(COCCOCSCCSC(C)C)C(C)C. The van der Waals surface area contributed by atoms with Gasteiger partial charge >= 0.3 is 0 Å². The Morgan fingerprint density at radius 2 is 0.664 bits per heavy atom. The first-order valence-corrected chi connectivity index (χ1v) is 56.8. The Morgan fingerprint density at radius 1 is 0.313 bits per heavy atom. The van der Waals surface area contributed by atoms with Crippen molar-refractivity contribution in [2.75, 3.05) is 218 Å². The van der Waals surface area contributed by atoms with Crippen LogP contribution in [0.1, 0.15) is 244 Å². The molecule has 28 nitrogen and oxygen atoms in total. The molecule has 0 spiro atoms. The first kappa shape index (κ1) is 141. The van der Waals surface area contributed by atoms with Crippen LogP contribution in [0.3, 0.4) is 0 Å². The summed E-state index contributed by atoms with van der Waals surface area (Å²) in [6.07, 6.45) is 4.41. The van der Waals surface area contributed by atoms with Crippen LogP contribution in [-0.2, 0) is 88.1 Å². The number of Topliss-reactive ketones (excluding diaryl/α,β-unsaturated/α-hetero) is 1. The molecule has 1 rings (SSSR count). The fourth-order valence-corrected chi connectivity index (χ4v) is 16.5. The van der Waals surface area contributed by atoms with E-state index in [0.29, 0.717) is 193 Å². The summed E-state index contributed by atoms with van der Waals surface area (Å²) in [6.45, 7) is 68.4. The summed E-state index contributed by atoms with van der Waals surface area (Å²) in [7, 11) is 12.4. The van der Waals surface area contributed by atoms with Crippen LogP contribution in [-0.4, -0.2) is 356 Å². The van der Waals surface area contributed by atoms with E-state index >= 15 is 0 Å². The number of hydroxylamine groups is 14. The van der Waals surface area contributed by atoms with Gasteiger partial charge in [-0.15, -0.1) is 11.8 Å². The molecule has 4 N–H and O–H groups in total. The van der Waals surface area contributed by atoms with Crippen LogP contribution in [0.2, 0.25) is 0 Å². The first-order chi connectivity index (χ1) is 61.8. The maximum absolute atomic E-state index is 11.8. The van der Waals surface area contributed by atoms with Crippen molar-refractivity contribution in [3.05, 3.63) is 29.8 Å². The summed E-state index contributed by atoms with van der Waals surface area (Å²) in [4.78, 5) is 95.0. The molecule has 131 heavy (non-hydrogen) atoms. The molecule has 0 saturated heterocycles. The molecule has 0 atom stereocenters. The van der Waals surface area contributed by atoms with Crippen LogP contribution >= 0.6 is 106 Å². The predicted molar refractivity (Wildman–Crippen MR) is 575 cm³/mol. The number of nitrogens with one attached hydrogen (secondary N) is 4. The molecule has 37 heteroatoms. The summed E-state index contributed by atoms with van der Waals surface area (Å²) in [5.41, 5.74) is 1.92. The van der Waals surface area contributed by atoms with Crippen LogP contribution in [0, 0.1) is 0 Å². The molecule has 0 unspecified atom stereocenters. The smallest absolute Gasteiger partial charge is 0.225 e. The molecule has 782 valence electrons. The Morgan fingerprint density at radius 3 is 1.08 bits per heavy atom. The normalized spacial score (nSPS) is 11.7. The number of thioether (sulfide) groups is 9. The number of carbonyl (C=O) groups is 5. The van der Waals surface area contributed by atoms with Crippen LogP contribution in [0.15, 0.2) is 24.3 Å². The average molecular weight is 2040 g/mol. The molecule has 0 saturated carbocycles. The van der Waals surface area contributed by atoms with Crippen LogP contribution < -0.4 is 21.3 Å². The van der Waals surface area contributed by atoms with Crippen molar-refractivity contribution in [3.63, 3.8) is 0 Å². The molecule has 0 bridgehead atoms. The van der Waals surface area contributed by atoms with E-state index in [1.54, 1.807) is 78.9 Å². The minimum Gasteiger partial charge on any atom is -0.377 e. The quantitative estimate of drug-likeness (QED) is 0.0268. The van der Waals surface area contributed by atoms with Gasteiger partial charge in [0.2, 0.25) is 23.6 Å². The van der Waals surface area contributed by atoms with Crippen LogP contribution in [0.5, 0.6) is 0 Å². The lowest BCUT2D eigenvalue weighted by Gasteiger charge is -2.23. The lowest BCUT2D eigenvalue weighted by Crippen LogP contribution is -2.38. The molecule has 0 radical (unpaired) electrons. The van der Waals surface area contributed by atoms with Crippen molar-refractivity contribution in [2.24, 2.45) is 0 Å². The molecular weight excluding hydrogens is 1840 g/mol. The summed E-state index contributed by atoms with van der Waals surface area (Å²) < 4.78 is 27.0. The number of amides is 4. The van der Waals surface area contributed by atoms with Gasteiger partial charge in [0.1, 0.15) is 26.0 Å². The Bertz CT molecular complexity index is 2670. The minimum absolute atomic E-state index is 0.0226. The second-order valence-electron chi connectivity index (χ2n) is 33.7. The van der Waals surface area contributed by atoms with E-state index in [9.17, 15) is 24.0 Å². The highest BCUT2D eigenvalue weighted by molar-refractivity contribution is 8.03. The second-order valence-corrected chi connectivity index (χ2v) is 47.8. The third kappa shape index (κ3) is 108. The zero-order valence-electron chi connectivity index (χ0n) is 88.7. The number of hydrogen-bond acceptors (Lipinski definition) is 33. The van der Waals surface area contributed by atoms with E-state index < -0.39 is 0 Å². The highest BCUT2D eigenvalue weighted by Crippen LogP contribution is 2.19. The summed E-state index contributed by atoms with van der Waals surface area (Å²) >= 11 is 16.9. The standard InChI is InChI=1S/C17H28N2O2S.C14H30N2O4S.C14H30N2O3S.C13H29NO3S2.C13H27NO2S.C12H26N2O2S.C11H25NOS2/c1-13(2)19(5)21-12-15-6-8-16(9-7-15)18-17(20)10-11-22-14(3)4;1-12(2)16(18-5)11-20-8-7-19-10-15-14(17)6-9-21-13(3)4;1-12(2)16(5)19-10-9-18-8-7-15-14(17)6-11-20-13(3)4;1-12(2)14(15-5)10-16-6-7-17-11-18-8-9-19-13(3)4;1-11(2)14(5)16-9-6-7-13(15)8-10-17-12(3)4;1-10(2)14(16-5)8-7-13-12(15)6-9-17-11(3)4;1-10(2)12(13-5)6-7-14-8-9-15-11(3)4/h6-9,13-14H,10-12H2,1-5H3,(H,18,20);12-13H,6-11H2,1-5H3,(H,15,17);12-13H,6-11H2,1-5H3,(H,15,17);12-13H,6-11H2,1-5H3;11-12H,6-10H2,1-5H3;10-11H,6-9H2,1-5H3,(H,13,15);10-11H,6-9H2,1-5H3. The van der Waals surface area contributed by atoms with Crippen molar-refractivity contribution in [1.82, 2.24) is 51.4 Å². The Labute approximate surface area is 839 Å². The fraction of sp³-hybridized carbons (Fsp3) is 0.883. The van der Waals surface area contributed by atoms with Gasteiger partial charge in [0.15, 0.2) is 0 Å². The maximum Gasteiger partial charge on any atom is 0.225 e. The van der Waals surface area contributed by atoms with E-state index in [1.165, 1.54) is 17.3 Å². The largest absolute Gasteiger partial charge is 0.377 e. The zero-order valence-corrected chi connectivity index (χ0v) is 96.0. The number of nitrogens with zero attached hydrogens (tertiary/aromatic N) is 7. The van der Waals surface area contributed by atoms with Gasteiger partial charge in [0, 0.05) is 191 Å². The molecule has 0 heterocycles. The number of anilines is 1. The Hall–Kier alpha value is -0.840. The van der Waals surface area contributed by atoms with E-state index in [4.69, 9.17) is 57.5 Å². The van der Waals surface area contributed by atoms with Crippen molar-refractivity contribution in [1.29, 1.82) is 0 Å². The molecule has 1 aromatic rings. The van der Waals surface area contributed by atoms with Gasteiger partial charge in [-0.1, -0.05) is 109 Å². The molecule has 0 aliphatic rings. The minimum atomic E-state index is 0.0226. The van der Waals surface area contributed by atoms with E-state index in [2.05, 4.69) is 201 Å². The topological polar surface area (TPSA) is 267 Å². The highest BCUT2D eigenvalue weighted by atomic mass is 32.2. The zero-order chi connectivity index (χ0) is 101. The van der Waals surface area contributed by atoms with Crippen molar-refractivity contribution >= 4 is 141 Å². The molecular formula is C94H195N11O17S9. The third-order valence-corrected chi connectivity index (χ3v) is 27.3. The van der Waals surface area contributed by atoms with Gasteiger partial charge in [-0.2, -0.15) is 130 Å². The number of ketones is 1. The van der Waals surface area contributed by atoms with Crippen molar-refractivity contribution in [3.8, 4) is 0 Å². The Kier molecular flexibility index (Phi) is 107. The molecule has 0 aliphatic heterocycles. The van der Waals surface area contributed by atoms with E-state index in [1.807, 2.05) is 150 Å². The van der Waals surface area contributed by atoms with Crippen molar-refractivity contribution in [2.45, 2.75) is 324 Å². The molecule has 0 aliphatic carbocycles. The fourth-order valence-electron chi connectivity index (χ4n) is 9.08. The number of hydrogen-bond donors (Lipinski definition) is 4. The molecule has 1 aromatic carbocycles. The molecule has 0 aromatic heterocycles. The van der Waals surface area contributed by atoms with Crippen molar-refractivity contribution < 1.29 is 81.5 Å². The van der Waals surface area contributed by atoms with Gasteiger partial charge in [-0.3, -0.25) is 48.2 Å². The first-order valence-electron chi connectivity index (χ1n) is 47.2. The van der Waals surface area contributed by atoms with Gasteiger partial charge in [-0.05, 0) is 158 Å². The van der Waals surface area contributed by atoms with Gasteiger partial charge in [0.05, 0.1) is 93.8 Å². The summed E-state index contributed by atoms with van der Waals surface area (Å²) in [5.74, 6) is 11.8. The van der Waals surface area contributed by atoms with Gasteiger partial charge < -0.3 is 54.6 Å². The van der Waals surface area contributed by atoms with E-state index in [-0.39, 0.29) is 36.4 Å². The lowest BCUT2D eigenvalue weighted by molar-refractivity contribution is -0.208. The molecule has 0 fully saturated rings. The second kappa shape index (κ2) is 99.3. The summed E-state index contributed by atoms with van der Waals surface area (Å²) in [6, 6.07) is 10.3. The predicted octanol–water partition coefficient (Wildman–Crippen LogP) is 19.0. The number of ether oxygens (including phenoxy) is 5. The Balaban J connectivity index is -0.000000349. The number of rotatable bonds is 75. The maximum atomic E-state index is 11.8. The average Bonchev–Trinajstić information content (AvgIpc) is 0.894. The van der Waals surface area contributed by atoms with E-state index in [0.717, 1.165) is 87.5 Å². The summed E-state index contributed by atoms with van der Waals surface area (Å²) in [5, 5.41) is 28.7. The lowest BCUT2D eigenvalue weighted by atomic mass is 10.2. The van der Waals surface area contributed by atoms with Gasteiger partial charge in [0.25, 0.3) is 0 Å². The van der Waals surface area contributed by atoms with Gasteiger partial charge in [-0.25, -0.2) is 0 Å².